The molecule has 20 heavy (non-hydrogen) atoms. The molecule has 0 atom stereocenters. The summed E-state index contributed by atoms with van der Waals surface area (Å²) in [6, 6.07) is 10.1. The SMILES string of the molecule is CC(C)(C)n1cnc2cc(NCc3ccco3)ccc21. The van der Waals surface area contributed by atoms with Crippen LogP contribution in [0.5, 0.6) is 0 Å². The molecule has 4 nitrogen and oxygen atoms in total. The lowest BCUT2D eigenvalue weighted by molar-refractivity contribution is 0.408. The number of hydrogen-bond donors (Lipinski definition) is 1. The van der Waals surface area contributed by atoms with Gasteiger partial charge in [-0.1, -0.05) is 0 Å². The summed E-state index contributed by atoms with van der Waals surface area (Å²) in [5.74, 6) is 0.922. The number of furan rings is 1. The number of nitrogens with zero attached hydrogens (tertiary/aromatic N) is 2. The highest BCUT2D eigenvalue weighted by Gasteiger charge is 2.15. The van der Waals surface area contributed by atoms with Crippen LogP contribution < -0.4 is 5.32 Å². The smallest absolute Gasteiger partial charge is 0.122 e. The minimum Gasteiger partial charge on any atom is -0.467 e. The van der Waals surface area contributed by atoms with E-state index in [1.807, 2.05) is 18.5 Å². The number of imidazole rings is 1. The third-order valence-corrected chi connectivity index (χ3v) is 3.32. The van der Waals surface area contributed by atoms with Gasteiger partial charge in [0.1, 0.15) is 5.76 Å². The van der Waals surface area contributed by atoms with E-state index in [1.54, 1.807) is 6.26 Å². The average Bonchev–Trinajstić information content (AvgIpc) is 3.04. The first kappa shape index (κ1) is 12.8. The van der Waals surface area contributed by atoms with Gasteiger partial charge in [0.25, 0.3) is 0 Å². The lowest BCUT2D eigenvalue weighted by Gasteiger charge is -2.21. The van der Waals surface area contributed by atoms with Crippen molar-refractivity contribution in [2.45, 2.75) is 32.9 Å². The van der Waals surface area contributed by atoms with E-state index in [9.17, 15) is 0 Å². The van der Waals surface area contributed by atoms with Crippen LogP contribution in [0.3, 0.4) is 0 Å². The number of anilines is 1. The van der Waals surface area contributed by atoms with Crippen LogP contribution in [-0.4, -0.2) is 9.55 Å². The number of rotatable bonds is 3. The molecule has 0 unspecified atom stereocenters. The summed E-state index contributed by atoms with van der Waals surface area (Å²) < 4.78 is 7.50. The van der Waals surface area contributed by atoms with Crippen molar-refractivity contribution in [2.75, 3.05) is 5.32 Å². The number of fused-ring (bicyclic) bond motifs is 1. The van der Waals surface area contributed by atoms with Crippen molar-refractivity contribution in [1.29, 1.82) is 0 Å². The van der Waals surface area contributed by atoms with Crippen molar-refractivity contribution >= 4 is 16.7 Å². The Morgan fingerprint density at radius 2 is 2.10 bits per heavy atom. The summed E-state index contributed by atoms with van der Waals surface area (Å²) in [6.45, 7) is 7.21. The monoisotopic (exact) mass is 269 g/mol. The predicted octanol–water partition coefficient (Wildman–Crippen LogP) is 4.00. The highest BCUT2D eigenvalue weighted by molar-refractivity contribution is 5.79. The first-order valence-corrected chi connectivity index (χ1v) is 6.78. The molecule has 1 N–H and O–H groups in total. The summed E-state index contributed by atoms with van der Waals surface area (Å²) in [4.78, 5) is 4.49. The van der Waals surface area contributed by atoms with Crippen molar-refractivity contribution in [3.63, 3.8) is 0 Å². The highest BCUT2D eigenvalue weighted by atomic mass is 16.3. The Balaban J connectivity index is 1.85. The molecule has 0 bridgehead atoms. The fraction of sp³-hybridized carbons (Fsp3) is 0.312. The summed E-state index contributed by atoms with van der Waals surface area (Å²) in [5.41, 5.74) is 3.25. The second kappa shape index (κ2) is 4.71. The van der Waals surface area contributed by atoms with Crippen LogP contribution in [0.1, 0.15) is 26.5 Å². The third-order valence-electron chi connectivity index (χ3n) is 3.32. The molecule has 0 spiro atoms. The van der Waals surface area contributed by atoms with Crippen LogP contribution in [0.4, 0.5) is 5.69 Å². The Kier molecular flexibility index (Phi) is 3.01. The molecule has 0 saturated carbocycles. The molecule has 3 aromatic rings. The number of benzene rings is 1. The van der Waals surface area contributed by atoms with Gasteiger partial charge in [0, 0.05) is 11.2 Å². The number of aromatic nitrogens is 2. The van der Waals surface area contributed by atoms with Crippen molar-refractivity contribution in [1.82, 2.24) is 9.55 Å². The highest BCUT2D eigenvalue weighted by Crippen LogP contribution is 2.24. The molecule has 104 valence electrons. The normalized spacial score (nSPS) is 11.9. The minimum absolute atomic E-state index is 0.0395. The van der Waals surface area contributed by atoms with Crippen molar-refractivity contribution in [3.8, 4) is 0 Å². The van der Waals surface area contributed by atoms with Crippen LogP contribution in [0.25, 0.3) is 11.0 Å². The Morgan fingerprint density at radius 1 is 1.25 bits per heavy atom. The van der Waals surface area contributed by atoms with E-state index in [1.165, 1.54) is 0 Å². The van der Waals surface area contributed by atoms with Gasteiger partial charge in [-0.2, -0.15) is 0 Å². The predicted molar refractivity (Wildman–Crippen MR) is 80.8 cm³/mol. The Bertz CT molecular complexity index is 705. The second-order valence-corrected chi connectivity index (χ2v) is 5.92. The van der Waals surface area contributed by atoms with Gasteiger partial charge in [0.05, 0.1) is 30.2 Å². The summed E-state index contributed by atoms with van der Waals surface area (Å²) >= 11 is 0. The van der Waals surface area contributed by atoms with Crippen molar-refractivity contribution in [2.24, 2.45) is 0 Å². The summed E-state index contributed by atoms with van der Waals surface area (Å²) in [5, 5.41) is 3.34. The molecule has 0 fully saturated rings. The maximum Gasteiger partial charge on any atom is 0.122 e. The zero-order valence-corrected chi connectivity index (χ0v) is 12.1. The molecular formula is C16H19N3O. The van der Waals surface area contributed by atoms with E-state index in [0.29, 0.717) is 6.54 Å². The van der Waals surface area contributed by atoms with E-state index in [0.717, 1.165) is 22.5 Å². The van der Waals surface area contributed by atoms with E-state index < -0.39 is 0 Å². The summed E-state index contributed by atoms with van der Waals surface area (Å²) in [6.07, 6.45) is 3.59. The first-order chi connectivity index (χ1) is 9.54. The molecular weight excluding hydrogens is 250 g/mol. The van der Waals surface area contributed by atoms with Gasteiger partial charge in [-0.15, -0.1) is 0 Å². The van der Waals surface area contributed by atoms with Gasteiger partial charge >= 0.3 is 0 Å². The average molecular weight is 269 g/mol. The minimum atomic E-state index is 0.0395. The zero-order valence-electron chi connectivity index (χ0n) is 12.1. The summed E-state index contributed by atoms with van der Waals surface area (Å²) in [7, 11) is 0. The van der Waals surface area contributed by atoms with Crippen LogP contribution in [0, 0.1) is 0 Å². The Morgan fingerprint density at radius 3 is 2.80 bits per heavy atom. The molecule has 3 rings (SSSR count). The molecule has 0 radical (unpaired) electrons. The van der Waals surface area contributed by atoms with Crippen molar-refractivity contribution < 1.29 is 4.42 Å². The van der Waals surface area contributed by atoms with Crippen LogP contribution in [0.2, 0.25) is 0 Å². The maximum absolute atomic E-state index is 5.31. The maximum atomic E-state index is 5.31. The van der Waals surface area contributed by atoms with E-state index in [2.05, 4.69) is 53.8 Å². The van der Waals surface area contributed by atoms with Gasteiger partial charge in [-0.05, 0) is 51.1 Å². The molecule has 2 heterocycles. The second-order valence-electron chi connectivity index (χ2n) is 5.92. The first-order valence-electron chi connectivity index (χ1n) is 6.78. The van der Waals surface area contributed by atoms with E-state index in [-0.39, 0.29) is 5.54 Å². The van der Waals surface area contributed by atoms with Gasteiger partial charge in [-0.3, -0.25) is 0 Å². The zero-order chi connectivity index (χ0) is 14.2. The molecule has 0 aliphatic carbocycles. The van der Waals surface area contributed by atoms with Gasteiger partial charge in [0.15, 0.2) is 0 Å². The molecule has 2 aromatic heterocycles. The molecule has 0 aliphatic heterocycles. The Hall–Kier alpha value is -2.23. The van der Waals surface area contributed by atoms with Crippen molar-refractivity contribution in [3.05, 3.63) is 48.7 Å². The lowest BCUT2D eigenvalue weighted by atomic mass is 10.1. The standard InChI is InChI=1S/C16H19N3O/c1-16(2,3)19-11-18-14-9-12(6-7-15(14)19)17-10-13-5-4-8-20-13/h4-9,11,17H,10H2,1-3H3. The molecule has 4 heteroatoms. The largest absolute Gasteiger partial charge is 0.467 e. The molecule has 0 aliphatic rings. The lowest BCUT2D eigenvalue weighted by Crippen LogP contribution is -2.20. The molecule has 0 saturated heterocycles. The van der Waals surface area contributed by atoms with E-state index in [4.69, 9.17) is 4.42 Å². The molecule has 1 aromatic carbocycles. The topological polar surface area (TPSA) is 43.0 Å². The molecule has 0 amide bonds. The van der Waals surface area contributed by atoms with E-state index >= 15 is 0 Å². The fourth-order valence-electron chi connectivity index (χ4n) is 2.26. The van der Waals surface area contributed by atoms with Gasteiger partial charge in [0.2, 0.25) is 0 Å². The van der Waals surface area contributed by atoms with Gasteiger partial charge in [-0.25, -0.2) is 4.98 Å². The number of nitrogens with one attached hydrogen (secondary N) is 1. The quantitative estimate of drug-likeness (QED) is 0.781. The number of hydrogen-bond acceptors (Lipinski definition) is 3. The fourth-order valence-corrected chi connectivity index (χ4v) is 2.26. The third kappa shape index (κ3) is 2.41. The Labute approximate surface area is 118 Å². The van der Waals surface area contributed by atoms with Gasteiger partial charge < -0.3 is 14.3 Å². The van der Waals surface area contributed by atoms with Crippen LogP contribution in [-0.2, 0) is 12.1 Å². The van der Waals surface area contributed by atoms with Crippen LogP contribution in [0.15, 0.2) is 47.3 Å². The van der Waals surface area contributed by atoms with Crippen LogP contribution >= 0.6 is 0 Å².